The first-order chi connectivity index (χ1) is 10.7. The van der Waals surface area contributed by atoms with E-state index in [4.69, 9.17) is 10.2 Å². The predicted molar refractivity (Wildman–Crippen MR) is 82.5 cm³/mol. The number of hydrogen-bond donors (Lipinski definition) is 2. The standard InChI is InChI=1S/C15H16N4O3/c16-6-3-7-17-12(20)8-19-9-18-13-10-4-1-2-5-11(10)22-14(13)15(19)21/h1-2,4-5,9H,3,6-8,16H2,(H,17,20). The molecule has 0 radical (unpaired) electrons. The van der Waals surface area contributed by atoms with Crippen LogP contribution in [-0.2, 0) is 11.3 Å². The summed E-state index contributed by atoms with van der Waals surface area (Å²) in [7, 11) is 0. The molecular weight excluding hydrogens is 284 g/mol. The third-order valence-corrected chi connectivity index (χ3v) is 3.37. The van der Waals surface area contributed by atoms with Gasteiger partial charge in [-0.2, -0.15) is 0 Å². The van der Waals surface area contributed by atoms with E-state index in [9.17, 15) is 9.59 Å². The summed E-state index contributed by atoms with van der Waals surface area (Å²) in [5.41, 5.74) is 6.28. The van der Waals surface area contributed by atoms with Gasteiger partial charge in [-0.05, 0) is 25.1 Å². The van der Waals surface area contributed by atoms with Crippen LogP contribution >= 0.6 is 0 Å². The number of aromatic nitrogens is 2. The molecule has 0 aliphatic rings. The van der Waals surface area contributed by atoms with E-state index in [1.54, 1.807) is 6.07 Å². The second-order valence-corrected chi connectivity index (χ2v) is 4.95. The van der Waals surface area contributed by atoms with Crippen molar-refractivity contribution >= 4 is 28.0 Å². The molecule has 22 heavy (non-hydrogen) atoms. The number of carbonyl (C=O) groups is 1. The van der Waals surface area contributed by atoms with Crippen molar-refractivity contribution in [1.82, 2.24) is 14.9 Å². The van der Waals surface area contributed by atoms with E-state index < -0.39 is 0 Å². The normalized spacial score (nSPS) is 11.1. The van der Waals surface area contributed by atoms with Gasteiger partial charge in [0.05, 0.1) is 6.33 Å². The van der Waals surface area contributed by atoms with E-state index in [-0.39, 0.29) is 23.6 Å². The summed E-state index contributed by atoms with van der Waals surface area (Å²) in [6, 6.07) is 7.31. The first-order valence-electron chi connectivity index (χ1n) is 7.04. The Kier molecular flexibility index (Phi) is 3.88. The summed E-state index contributed by atoms with van der Waals surface area (Å²) in [5, 5.41) is 3.48. The Balaban J connectivity index is 1.92. The fourth-order valence-electron chi connectivity index (χ4n) is 2.27. The van der Waals surface area contributed by atoms with Crippen molar-refractivity contribution in [3.8, 4) is 0 Å². The predicted octanol–water partition coefficient (Wildman–Crippen LogP) is 0.608. The first kappa shape index (κ1) is 14.3. The SMILES string of the molecule is NCCCNC(=O)Cn1cnc2c(oc3ccccc32)c1=O. The van der Waals surface area contributed by atoms with E-state index >= 15 is 0 Å². The molecule has 0 bridgehead atoms. The number of furan rings is 1. The van der Waals surface area contributed by atoms with Crippen molar-refractivity contribution in [3.05, 3.63) is 40.9 Å². The van der Waals surface area contributed by atoms with Crippen LogP contribution in [0.2, 0.25) is 0 Å². The Bertz CT molecular complexity index is 881. The van der Waals surface area contributed by atoms with Crippen LogP contribution in [0.4, 0.5) is 0 Å². The fourth-order valence-corrected chi connectivity index (χ4v) is 2.27. The van der Waals surface area contributed by atoms with E-state index in [1.165, 1.54) is 10.9 Å². The minimum atomic E-state index is -0.366. The first-order valence-corrected chi connectivity index (χ1v) is 7.04. The minimum Gasteiger partial charge on any atom is -0.448 e. The molecule has 3 aromatic rings. The van der Waals surface area contributed by atoms with Gasteiger partial charge in [-0.3, -0.25) is 14.2 Å². The van der Waals surface area contributed by atoms with Crippen molar-refractivity contribution in [2.24, 2.45) is 5.73 Å². The summed E-state index contributed by atoms with van der Waals surface area (Å²) < 4.78 is 6.80. The molecule has 2 aromatic heterocycles. The topological polar surface area (TPSA) is 103 Å². The zero-order valence-electron chi connectivity index (χ0n) is 11.9. The highest BCUT2D eigenvalue weighted by atomic mass is 16.3. The van der Waals surface area contributed by atoms with E-state index in [0.717, 1.165) is 5.39 Å². The Hall–Kier alpha value is -2.67. The molecule has 2 heterocycles. The number of rotatable bonds is 5. The number of hydrogen-bond acceptors (Lipinski definition) is 5. The highest BCUT2D eigenvalue weighted by Crippen LogP contribution is 2.23. The number of fused-ring (bicyclic) bond motifs is 3. The molecule has 0 aliphatic heterocycles. The summed E-state index contributed by atoms with van der Waals surface area (Å²) in [5.74, 6) is -0.257. The molecule has 0 saturated heterocycles. The van der Waals surface area contributed by atoms with Gasteiger partial charge >= 0.3 is 0 Å². The minimum absolute atomic E-state index is 0.0939. The molecule has 0 fully saturated rings. The van der Waals surface area contributed by atoms with Crippen molar-refractivity contribution in [1.29, 1.82) is 0 Å². The van der Waals surface area contributed by atoms with Gasteiger partial charge in [0.15, 0.2) is 0 Å². The van der Waals surface area contributed by atoms with Crippen LogP contribution < -0.4 is 16.6 Å². The highest BCUT2D eigenvalue weighted by molar-refractivity contribution is 6.01. The lowest BCUT2D eigenvalue weighted by molar-refractivity contribution is -0.121. The summed E-state index contributed by atoms with van der Waals surface area (Å²) in [6.45, 7) is 0.903. The molecule has 1 aromatic carbocycles. The monoisotopic (exact) mass is 300 g/mol. The molecule has 7 nitrogen and oxygen atoms in total. The zero-order valence-corrected chi connectivity index (χ0v) is 11.9. The van der Waals surface area contributed by atoms with Crippen LogP contribution in [0.25, 0.3) is 22.1 Å². The lowest BCUT2D eigenvalue weighted by Crippen LogP contribution is -2.33. The molecule has 7 heteroatoms. The largest absolute Gasteiger partial charge is 0.448 e. The lowest BCUT2D eigenvalue weighted by Gasteiger charge is -2.06. The van der Waals surface area contributed by atoms with Gasteiger partial charge in [0.25, 0.3) is 5.56 Å². The van der Waals surface area contributed by atoms with Crippen LogP contribution in [0.15, 0.2) is 39.8 Å². The average molecular weight is 300 g/mol. The van der Waals surface area contributed by atoms with Crippen LogP contribution in [0.5, 0.6) is 0 Å². The molecule has 3 N–H and O–H groups in total. The summed E-state index contributed by atoms with van der Waals surface area (Å²) in [4.78, 5) is 28.4. The maximum absolute atomic E-state index is 12.4. The molecule has 3 rings (SSSR count). The fraction of sp³-hybridized carbons (Fsp3) is 0.267. The Morgan fingerprint density at radius 1 is 1.36 bits per heavy atom. The van der Waals surface area contributed by atoms with Crippen molar-refractivity contribution in [3.63, 3.8) is 0 Å². The maximum Gasteiger partial charge on any atom is 0.297 e. The van der Waals surface area contributed by atoms with Crippen LogP contribution in [0, 0.1) is 0 Å². The highest BCUT2D eigenvalue weighted by Gasteiger charge is 2.14. The second-order valence-electron chi connectivity index (χ2n) is 4.95. The van der Waals surface area contributed by atoms with Gasteiger partial charge < -0.3 is 15.5 Å². The van der Waals surface area contributed by atoms with E-state index in [0.29, 0.717) is 30.6 Å². The number of amides is 1. The maximum atomic E-state index is 12.4. The molecule has 114 valence electrons. The van der Waals surface area contributed by atoms with Gasteiger partial charge in [-0.1, -0.05) is 12.1 Å². The molecule has 0 aliphatic carbocycles. The van der Waals surface area contributed by atoms with Gasteiger partial charge in [0, 0.05) is 11.9 Å². The quantitative estimate of drug-likeness (QED) is 0.672. The van der Waals surface area contributed by atoms with Crippen LogP contribution in [-0.4, -0.2) is 28.5 Å². The number of nitrogens with one attached hydrogen (secondary N) is 1. The van der Waals surface area contributed by atoms with Gasteiger partial charge in [0.1, 0.15) is 17.6 Å². The molecule has 0 spiro atoms. The third kappa shape index (κ3) is 2.58. The zero-order chi connectivity index (χ0) is 15.5. The van der Waals surface area contributed by atoms with Crippen LogP contribution in [0.1, 0.15) is 6.42 Å². The summed E-state index contributed by atoms with van der Waals surface area (Å²) in [6.07, 6.45) is 2.07. The Morgan fingerprint density at radius 2 is 2.18 bits per heavy atom. The number of para-hydroxylation sites is 1. The van der Waals surface area contributed by atoms with Crippen molar-refractivity contribution < 1.29 is 9.21 Å². The second kappa shape index (κ2) is 5.98. The summed E-state index contributed by atoms with van der Waals surface area (Å²) >= 11 is 0. The lowest BCUT2D eigenvalue weighted by atomic mass is 10.2. The number of nitrogens with two attached hydrogens (primary N) is 1. The van der Waals surface area contributed by atoms with E-state index in [1.807, 2.05) is 18.2 Å². The molecule has 0 unspecified atom stereocenters. The molecular formula is C15H16N4O3. The third-order valence-electron chi connectivity index (χ3n) is 3.37. The van der Waals surface area contributed by atoms with Gasteiger partial charge in [0.2, 0.25) is 11.5 Å². The number of benzene rings is 1. The Morgan fingerprint density at radius 3 is 3.00 bits per heavy atom. The molecule has 1 amide bonds. The van der Waals surface area contributed by atoms with Gasteiger partial charge in [-0.25, -0.2) is 4.98 Å². The smallest absolute Gasteiger partial charge is 0.297 e. The van der Waals surface area contributed by atoms with E-state index in [2.05, 4.69) is 10.3 Å². The van der Waals surface area contributed by atoms with Crippen LogP contribution in [0.3, 0.4) is 0 Å². The number of carbonyl (C=O) groups excluding carboxylic acids is 1. The van der Waals surface area contributed by atoms with Crippen molar-refractivity contribution in [2.75, 3.05) is 13.1 Å². The van der Waals surface area contributed by atoms with Gasteiger partial charge in [-0.15, -0.1) is 0 Å². The molecule has 0 saturated carbocycles. The average Bonchev–Trinajstić information content (AvgIpc) is 2.90. The van der Waals surface area contributed by atoms with Crippen molar-refractivity contribution in [2.45, 2.75) is 13.0 Å². The number of nitrogens with zero attached hydrogens (tertiary/aromatic N) is 2. The Labute approximate surface area is 125 Å². The molecule has 0 atom stereocenters.